The van der Waals surface area contributed by atoms with E-state index in [1.54, 1.807) is 19.2 Å². The van der Waals surface area contributed by atoms with Crippen molar-refractivity contribution in [3.63, 3.8) is 0 Å². The van der Waals surface area contributed by atoms with Crippen molar-refractivity contribution in [2.45, 2.75) is 13.5 Å². The zero-order chi connectivity index (χ0) is 19.6. The van der Waals surface area contributed by atoms with Crippen LogP contribution in [0.25, 0.3) is 6.08 Å². The van der Waals surface area contributed by atoms with Gasteiger partial charge in [0.1, 0.15) is 11.6 Å². The standard InChI is InChI=1S/C21H22FNO4/c1-3-26-18-11-8-16(9-12-18)14-23(2)20(24)15-27-21(25)13-10-17-6-4-5-7-19(17)22/h4-13H,3,14-15H2,1-2H3/b13-10+. The number of rotatable bonds is 8. The molecule has 142 valence electrons. The molecule has 2 aromatic carbocycles. The van der Waals surface area contributed by atoms with Crippen LogP contribution in [-0.4, -0.2) is 37.0 Å². The molecule has 0 heterocycles. The number of carbonyl (C=O) groups is 2. The molecule has 0 unspecified atom stereocenters. The SMILES string of the molecule is CCOc1ccc(CN(C)C(=O)COC(=O)/C=C/c2ccccc2F)cc1. The van der Waals surface area contributed by atoms with Gasteiger partial charge in [-0.2, -0.15) is 0 Å². The van der Waals surface area contributed by atoms with E-state index < -0.39 is 11.8 Å². The second-order valence-corrected chi connectivity index (χ2v) is 5.79. The average molecular weight is 371 g/mol. The Morgan fingerprint density at radius 3 is 2.48 bits per heavy atom. The van der Waals surface area contributed by atoms with E-state index >= 15 is 0 Å². The number of halogens is 1. The molecule has 0 radical (unpaired) electrons. The lowest BCUT2D eigenvalue weighted by Crippen LogP contribution is -2.30. The molecule has 0 N–H and O–H groups in total. The number of ether oxygens (including phenoxy) is 2. The van der Waals surface area contributed by atoms with E-state index in [2.05, 4.69) is 0 Å². The van der Waals surface area contributed by atoms with Crippen LogP contribution < -0.4 is 4.74 Å². The van der Waals surface area contributed by atoms with E-state index in [0.29, 0.717) is 13.2 Å². The average Bonchev–Trinajstić information content (AvgIpc) is 2.67. The Balaban J connectivity index is 1.80. The predicted octanol–water partition coefficient (Wildman–Crippen LogP) is 3.44. The molecular weight excluding hydrogens is 349 g/mol. The molecule has 0 saturated heterocycles. The second-order valence-electron chi connectivity index (χ2n) is 5.79. The summed E-state index contributed by atoms with van der Waals surface area (Å²) in [6, 6.07) is 13.5. The van der Waals surface area contributed by atoms with Crippen molar-refractivity contribution in [2.75, 3.05) is 20.3 Å². The zero-order valence-electron chi connectivity index (χ0n) is 15.4. The molecule has 1 amide bonds. The highest BCUT2D eigenvalue weighted by atomic mass is 19.1. The van der Waals surface area contributed by atoms with Crippen LogP contribution >= 0.6 is 0 Å². The van der Waals surface area contributed by atoms with Crippen molar-refractivity contribution in [2.24, 2.45) is 0 Å². The van der Waals surface area contributed by atoms with Crippen molar-refractivity contribution in [1.82, 2.24) is 4.90 Å². The number of benzene rings is 2. The minimum atomic E-state index is -0.707. The van der Waals surface area contributed by atoms with Gasteiger partial charge in [-0.3, -0.25) is 4.79 Å². The van der Waals surface area contributed by atoms with Crippen LogP contribution in [-0.2, 0) is 20.9 Å². The zero-order valence-corrected chi connectivity index (χ0v) is 15.4. The fourth-order valence-electron chi connectivity index (χ4n) is 2.28. The van der Waals surface area contributed by atoms with Crippen LogP contribution in [0.2, 0.25) is 0 Å². The highest BCUT2D eigenvalue weighted by Crippen LogP contribution is 2.13. The maximum Gasteiger partial charge on any atom is 0.331 e. The number of likely N-dealkylation sites (N-methyl/N-ethyl adjacent to an activating group) is 1. The maximum atomic E-state index is 13.5. The molecular formula is C21H22FNO4. The summed E-state index contributed by atoms with van der Waals surface area (Å²) in [4.78, 5) is 25.2. The molecule has 6 heteroatoms. The summed E-state index contributed by atoms with van der Waals surface area (Å²) in [5.74, 6) is -0.712. The largest absolute Gasteiger partial charge is 0.494 e. The van der Waals surface area contributed by atoms with Crippen molar-refractivity contribution in [1.29, 1.82) is 0 Å². The quantitative estimate of drug-likeness (QED) is 0.527. The van der Waals surface area contributed by atoms with Gasteiger partial charge in [-0.15, -0.1) is 0 Å². The summed E-state index contributed by atoms with van der Waals surface area (Å²) >= 11 is 0. The van der Waals surface area contributed by atoms with E-state index in [1.807, 2.05) is 31.2 Å². The summed E-state index contributed by atoms with van der Waals surface area (Å²) in [5.41, 5.74) is 1.20. The Bertz CT molecular complexity index is 802. The third kappa shape index (κ3) is 6.58. The van der Waals surface area contributed by atoms with E-state index in [9.17, 15) is 14.0 Å². The molecule has 0 atom stereocenters. The smallest absolute Gasteiger partial charge is 0.331 e. The summed E-state index contributed by atoms with van der Waals surface area (Å²) in [6.07, 6.45) is 2.41. The molecule has 27 heavy (non-hydrogen) atoms. The number of hydrogen-bond acceptors (Lipinski definition) is 4. The third-order valence-corrected chi connectivity index (χ3v) is 3.72. The summed E-state index contributed by atoms with van der Waals surface area (Å²) in [6.45, 7) is 2.50. The molecule has 0 aromatic heterocycles. The summed E-state index contributed by atoms with van der Waals surface area (Å²) in [7, 11) is 1.63. The van der Waals surface area contributed by atoms with Gasteiger partial charge in [0.05, 0.1) is 6.61 Å². The Hall–Kier alpha value is -3.15. The molecule has 0 spiro atoms. The molecule has 2 rings (SSSR count). The fraction of sp³-hybridized carbons (Fsp3) is 0.238. The van der Waals surface area contributed by atoms with Gasteiger partial charge in [-0.05, 0) is 36.8 Å². The number of hydrogen-bond donors (Lipinski definition) is 0. The Kier molecular flexibility index (Phi) is 7.55. The lowest BCUT2D eigenvalue weighted by molar-refractivity contribution is -0.147. The lowest BCUT2D eigenvalue weighted by Gasteiger charge is -2.17. The Labute approximate surface area is 158 Å². The molecule has 0 aliphatic rings. The van der Waals surface area contributed by atoms with Gasteiger partial charge in [0, 0.05) is 25.2 Å². The summed E-state index contributed by atoms with van der Waals surface area (Å²) < 4.78 is 23.8. The first kappa shape index (κ1) is 20.2. The molecule has 0 aliphatic carbocycles. The highest BCUT2D eigenvalue weighted by Gasteiger charge is 2.11. The summed E-state index contributed by atoms with van der Waals surface area (Å²) in [5, 5.41) is 0. The molecule has 5 nitrogen and oxygen atoms in total. The number of carbonyl (C=O) groups excluding carboxylic acids is 2. The van der Waals surface area contributed by atoms with Crippen molar-refractivity contribution in [3.8, 4) is 5.75 Å². The van der Waals surface area contributed by atoms with Gasteiger partial charge >= 0.3 is 5.97 Å². The first-order valence-corrected chi connectivity index (χ1v) is 8.54. The molecule has 0 saturated carbocycles. The Morgan fingerprint density at radius 2 is 1.81 bits per heavy atom. The van der Waals surface area contributed by atoms with Gasteiger partial charge in [0.15, 0.2) is 6.61 Å². The van der Waals surface area contributed by atoms with Crippen LogP contribution in [0.5, 0.6) is 5.75 Å². The minimum Gasteiger partial charge on any atom is -0.494 e. The van der Waals surface area contributed by atoms with E-state index in [0.717, 1.165) is 17.4 Å². The molecule has 0 aliphatic heterocycles. The van der Waals surface area contributed by atoms with Crippen LogP contribution in [0.1, 0.15) is 18.1 Å². The van der Waals surface area contributed by atoms with Crippen molar-refractivity contribution in [3.05, 3.63) is 71.6 Å². The highest BCUT2D eigenvalue weighted by molar-refractivity contribution is 5.89. The topological polar surface area (TPSA) is 55.8 Å². The minimum absolute atomic E-state index is 0.272. The fourth-order valence-corrected chi connectivity index (χ4v) is 2.28. The monoisotopic (exact) mass is 371 g/mol. The van der Waals surface area contributed by atoms with Crippen molar-refractivity contribution < 1.29 is 23.5 Å². The number of amides is 1. The van der Waals surface area contributed by atoms with E-state index in [1.165, 1.54) is 23.1 Å². The molecule has 2 aromatic rings. The van der Waals surface area contributed by atoms with Crippen LogP contribution in [0.4, 0.5) is 4.39 Å². The van der Waals surface area contributed by atoms with Gasteiger partial charge in [0.25, 0.3) is 5.91 Å². The first-order valence-electron chi connectivity index (χ1n) is 8.54. The number of nitrogens with zero attached hydrogens (tertiary/aromatic N) is 1. The third-order valence-electron chi connectivity index (χ3n) is 3.72. The predicted molar refractivity (Wildman–Crippen MR) is 100 cm³/mol. The normalized spacial score (nSPS) is 10.6. The Morgan fingerprint density at radius 1 is 1.11 bits per heavy atom. The van der Waals surface area contributed by atoms with Gasteiger partial charge in [-0.1, -0.05) is 30.3 Å². The second kappa shape index (κ2) is 10.1. The molecule has 0 bridgehead atoms. The van der Waals surface area contributed by atoms with Crippen LogP contribution in [0, 0.1) is 5.82 Å². The maximum absolute atomic E-state index is 13.5. The van der Waals surface area contributed by atoms with Crippen molar-refractivity contribution >= 4 is 18.0 Å². The van der Waals surface area contributed by atoms with E-state index in [-0.39, 0.29) is 18.1 Å². The van der Waals surface area contributed by atoms with Crippen LogP contribution in [0.15, 0.2) is 54.6 Å². The van der Waals surface area contributed by atoms with Gasteiger partial charge < -0.3 is 14.4 Å². The number of esters is 1. The lowest BCUT2D eigenvalue weighted by atomic mass is 10.2. The molecule has 0 fully saturated rings. The first-order chi connectivity index (χ1) is 13.0. The van der Waals surface area contributed by atoms with Gasteiger partial charge in [0.2, 0.25) is 0 Å². The van der Waals surface area contributed by atoms with E-state index in [4.69, 9.17) is 9.47 Å². The van der Waals surface area contributed by atoms with Gasteiger partial charge in [-0.25, -0.2) is 9.18 Å². The van der Waals surface area contributed by atoms with Crippen LogP contribution in [0.3, 0.4) is 0 Å².